The first-order valence-corrected chi connectivity index (χ1v) is 6.24. The van der Waals surface area contributed by atoms with Gasteiger partial charge < -0.3 is 4.74 Å². The zero-order chi connectivity index (χ0) is 11.5. The van der Waals surface area contributed by atoms with E-state index in [1.165, 1.54) is 6.33 Å². The SMILES string of the molecule is CCOC(=O)C1=Cc2ncnc(SC)c2C1. The first kappa shape index (κ1) is 11.1. The zero-order valence-electron chi connectivity index (χ0n) is 9.19. The molecule has 1 aliphatic rings. The normalized spacial score (nSPS) is 13.2. The standard InChI is InChI=1S/C11H12N2O2S/c1-3-15-11(14)7-4-8-9(5-7)12-6-13-10(8)16-2/h5-6H,3-4H2,1-2H3. The van der Waals surface area contributed by atoms with Crippen LogP contribution in [0.15, 0.2) is 16.9 Å². The highest BCUT2D eigenvalue weighted by molar-refractivity contribution is 7.98. The molecule has 1 aromatic heterocycles. The van der Waals surface area contributed by atoms with Crippen molar-refractivity contribution in [3.8, 4) is 0 Å². The molecule has 0 unspecified atom stereocenters. The molecule has 0 amide bonds. The third-order valence-corrected chi connectivity index (χ3v) is 3.09. The molecule has 0 N–H and O–H groups in total. The highest BCUT2D eigenvalue weighted by atomic mass is 32.2. The summed E-state index contributed by atoms with van der Waals surface area (Å²) in [6, 6.07) is 0. The summed E-state index contributed by atoms with van der Waals surface area (Å²) in [5, 5.41) is 0.931. The lowest BCUT2D eigenvalue weighted by atomic mass is 10.2. The van der Waals surface area contributed by atoms with Crippen molar-refractivity contribution in [3.63, 3.8) is 0 Å². The van der Waals surface area contributed by atoms with Gasteiger partial charge in [0.1, 0.15) is 11.4 Å². The Kier molecular flexibility index (Phi) is 3.24. The van der Waals surface area contributed by atoms with E-state index in [1.54, 1.807) is 24.8 Å². The van der Waals surface area contributed by atoms with Gasteiger partial charge in [0, 0.05) is 17.6 Å². The summed E-state index contributed by atoms with van der Waals surface area (Å²) in [6.45, 7) is 2.20. The Labute approximate surface area is 98.1 Å². The van der Waals surface area contributed by atoms with E-state index in [4.69, 9.17) is 4.74 Å². The van der Waals surface area contributed by atoms with E-state index in [2.05, 4.69) is 9.97 Å². The molecule has 0 fully saturated rings. The maximum absolute atomic E-state index is 11.6. The van der Waals surface area contributed by atoms with Crippen LogP contribution >= 0.6 is 11.8 Å². The van der Waals surface area contributed by atoms with Crippen LogP contribution in [0.4, 0.5) is 0 Å². The molecule has 2 rings (SSSR count). The van der Waals surface area contributed by atoms with Crippen molar-refractivity contribution in [3.05, 3.63) is 23.2 Å². The lowest BCUT2D eigenvalue weighted by molar-refractivity contribution is -0.138. The highest BCUT2D eigenvalue weighted by Crippen LogP contribution is 2.29. The molecule has 1 aliphatic carbocycles. The second-order valence-corrected chi connectivity index (χ2v) is 4.11. The van der Waals surface area contributed by atoms with Crippen molar-refractivity contribution in [1.29, 1.82) is 0 Å². The average Bonchev–Trinajstić information content (AvgIpc) is 2.72. The molecule has 1 heterocycles. The van der Waals surface area contributed by atoms with Crippen molar-refractivity contribution in [2.45, 2.75) is 18.4 Å². The maximum atomic E-state index is 11.6. The number of hydrogen-bond acceptors (Lipinski definition) is 5. The maximum Gasteiger partial charge on any atom is 0.334 e. The van der Waals surface area contributed by atoms with Gasteiger partial charge >= 0.3 is 5.97 Å². The molecule has 0 atom stereocenters. The van der Waals surface area contributed by atoms with Crippen LogP contribution in [0.3, 0.4) is 0 Å². The Morgan fingerprint density at radius 1 is 1.56 bits per heavy atom. The van der Waals surface area contributed by atoms with E-state index < -0.39 is 0 Å². The largest absolute Gasteiger partial charge is 0.463 e. The lowest BCUT2D eigenvalue weighted by Gasteiger charge is -2.03. The monoisotopic (exact) mass is 236 g/mol. The number of carbonyl (C=O) groups is 1. The molecule has 84 valence electrons. The lowest BCUT2D eigenvalue weighted by Crippen LogP contribution is -2.07. The van der Waals surface area contributed by atoms with Crippen molar-refractivity contribution in [2.24, 2.45) is 0 Å². The van der Waals surface area contributed by atoms with Gasteiger partial charge in [-0.2, -0.15) is 0 Å². The number of thioether (sulfide) groups is 1. The van der Waals surface area contributed by atoms with Gasteiger partial charge in [0.25, 0.3) is 0 Å². The first-order chi connectivity index (χ1) is 7.76. The minimum absolute atomic E-state index is 0.257. The third kappa shape index (κ3) is 1.95. The molecule has 0 bridgehead atoms. The first-order valence-electron chi connectivity index (χ1n) is 5.01. The number of hydrogen-bond donors (Lipinski definition) is 0. The highest BCUT2D eigenvalue weighted by Gasteiger charge is 2.23. The van der Waals surface area contributed by atoms with Crippen LogP contribution in [0.25, 0.3) is 6.08 Å². The van der Waals surface area contributed by atoms with Crippen molar-refractivity contribution >= 4 is 23.8 Å². The predicted octanol–water partition coefficient (Wildman–Crippen LogP) is 1.70. The summed E-state index contributed by atoms with van der Waals surface area (Å²) in [4.78, 5) is 19.9. The summed E-state index contributed by atoms with van der Waals surface area (Å²) >= 11 is 1.56. The van der Waals surface area contributed by atoms with Gasteiger partial charge in [-0.15, -0.1) is 11.8 Å². The van der Waals surface area contributed by atoms with Crippen molar-refractivity contribution in [2.75, 3.05) is 12.9 Å². The van der Waals surface area contributed by atoms with Crippen LogP contribution in [0.5, 0.6) is 0 Å². The van der Waals surface area contributed by atoms with Crippen LogP contribution in [-0.4, -0.2) is 28.8 Å². The number of nitrogens with zero attached hydrogens (tertiary/aromatic N) is 2. The van der Waals surface area contributed by atoms with Gasteiger partial charge in [0.2, 0.25) is 0 Å². The molecule has 16 heavy (non-hydrogen) atoms. The minimum atomic E-state index is -0.257. The van der Waals surface area contributed by atoms with E-state index >= 15 is 0 Å². The number of carbonyl (C=O) groups excluding carboxylic acids is 1. The summed E-state index contributed by atoms with van der Waals surface area (Å²) in [7, 11) is 0. The zero-order valence-corrected chi connectivity index (χ0v) is 10.0. The van der Waals surface area contributed by atoms with Crippen LogP contribution < -0.4 is 0 Å². The number of ether oxygens (including phenoxy) is 1. The number of aromatic nitrogens is 2. The van der Waals surface area contributed by atoms with Crippen LogP contribution in [-0.2, 0) is 16.0 Å². The number of fused-ring (bicyclic) bond motifs is 1. The van der Waals surface area contributed by atoms with Crippen molar-refractivity contribution in [1.82, 2.24) is 9.97 Å². The van der Waals surface area contributed by atoms with E-state index in [-0.39, 0.29) is 5.97 Å². The Hall–Kier alpha value is -1.36. The smallest absolute Gasteiger partial charge is 0.334 e. The minimum Gasteiger partial charge on any atom is -0.463 e. The molecule has 0 spiro atoms. The molecule has 0 aliphatic heterocycles. The third-order valence-electron chi connectivity index (χ3n) is 2.35. The van der Waals surface area contributed by atoms with Gasteiger partial charge in [0.05, 0.1) is 12.3 Å². The Bertz CT molecular complexity index is 457. The van der Waals surface area contributed by atoms with Gasteiger partial charge in [0.15, 0.2) is 0 Å². The van der Waals surface area contributed by atoms with E-state index in [1.807, 2.05) is 6.26 Å². The topological polar surface area (TPSA) is 52.1 Å². The molecule has 1 aromatic rings. The van der Waals surface area contributed by atoms with E-state index in [9.17, 15) is 4.79 Å². The van der Waals surface area contributed by atoms with Gasteiger partial charge in [-0.1, -0.05) is 0 Å². The molecule has 0 saturated heterocycles. The van der Waals surface area contributed by atoms with Crippen LogP contribution in [0.1, 0.15) is 18.2 Å². The molecule has 5 heteroatoms. The van der Waals surface area contributed by atoms with Crippen LogP contribution in [0.2, 0.25) is 0 Å². The number of esters is 1. The fourth-order valence-corrected chi connectivity index (χ4v) is 2.21. The molecular weight excluding hydrogens is 224 g/mol. The second-order valence-electron chi connectivity index (χ2n) is 3.31. The molecule has 0 radical (unpaired) electrons. The van der Waals surface area contributed by atoms with E-state index in [0.29, 0.717) is 18.6 Å². The van der Waals surface area contributed by atoms with E-state index in [0.717, 1.165) is 16.3 Å². The fourth-order valence-electron chi connectivity index (χ4n) is 1.64. The molecule has 0 aromatic carbocycles. The Morgan fingerprint density at radius 2 is 2.38 bits per heavy atom. The Balaban J connectivity index is 2.26. The van der Waals surface area contributed by atoms with Gasteiger partial charge in [-0.05, 0) is 19.3 Å². The summed E-state index contributed by atoms with van der Waals surface area (Å²) in [5.74, 6) is -0.257. The second kappa shape index (κ2) is 4.65. The van der Waals surface area contributed by atoms with Gasteiger partial charge in [-0.3, -0.25) is 0 Å². The van der Waals surface area contributed by atoms with Crippen LogP contribution in [0, 0.1) is 0 Å². The molecule has 0 saturated carbocycles. The molecule has 4 nitrogen and oxygen atoms in total. The predicted molar refractivity (Wildman–Crippen MR) is 62.1 cm³/mol. The van der Waals surface area contributed by atoms with Gasteiger partial charge in [-0.25, -0.2) is 14.8 Å². The summed E-state index contributed by atoms with van der Waals surface area (Å²) < 4.78 is 4.97. The summed E-state index contributed by atoms with van der Waals surface area (Å²) in [6.07, 6.45) is 5.85. The molecular formula is C11H12N2O2S. The average molecular weight is 236 g/mol. The quantitative estimate of drug-likeness (QED) is 0.454. The number of rotatable bonds is 3. The van der Waals surface area contributed by atoms with Crippen molar-refractivity contribution < 1.29 is 9.53 Å². The summed E-state index contributed by atoms with van der Waals surface area (Å²) in [5.41, 5.74) is 2.52. The Morgan fingerprint density at radius 3 is 3.06 bits per heavy atom. The fraction of sp³-hybridized carbons (Fsp3) is 0.364.